The number of nitro groups is 1. The topological polar surface area (TPSA) is 127 Å². The van der Waals surface area contributed by atoms with E-state index < -0.39 is 4.92 Å². The van der Waals surface area contributed by atoms with Crippen LogP contribution in [-0.4, -0.2) is 79.8 Å². The first-order valence-electron chi connectivity index (χ1n) is 10.4. The summed E-state index contributed by atoms with van der Waals surface area (Å²) in [6.45, 7) is 5.79. The Bertz CT molecular complexity index is 1010. The predicted molar refractivity (Wildman–Crippen MR) is 111 cm³/mol. The minimum Gasteiger partial charge on any atom is -0.352 e. The number of piperazine rings is 1. The summed E-state index contributed by atoms with van der Waals surface area (Å²) in [5, 5.41) is 22.1. The van der Waals surface area contributed by atoms with Gasteiger partial charge in [0.1, 0.15) is 0 Å². The molecule has 2 heterocycles. The highest BCUT2D eigenvalue weighted by atomic mass is 16.6. The third-order valence-electron chi connectivity index (χ3n) is 5.83. The molecule has 0 bridgehead atoms. The highest BCUT2D eigenvalue weighted by Gasteiger charge is 2.32. The second-order valence-electron chi connectivity index (χ2n) is 8.00. The second-order valence-corrected chi connectivity index (χ2v) is 8.00. The van der Waals surface area contributed by atoms with Crippen LogP contribution in [0, 0.1) is 17.0 Å². The van der Waals surface area contributed by atoms with E-state index in [2.05, 4.69) is 20.5 Å². The number of rotatable bonds is 6. The molecule has 4 rings (SSSR count). The molecule has 2 aliphatic rings. The van der Waals surface area contributed by atoms with E-state index in [1.165, 1.54) is 16.8 Å². The van der Waals surface area contributed by atoms with Crippen molar-refractivity contribution in [3.8, 4) is 5.69 Å². The van der Waals surface area contributed by atoms with E-state index in [0.717, 1.165) is 12.8 Å². The Hall–Kier alpha value is -3.34. The molecular formula is C20H25N7O4. The van der Waals surface area contributed by atoms with E-state index in [1.54, 1.807) is 24.0 Å². The number of carbonyl (C=O) groups is 2. The molecule has 1 atom stereocenters. The van der Waals surface area contributed by atoms with Crippen molar-refractivity contribution in [2.24, 2.45) is 0 Å². The summed E-state index contributed by atoms with van der Waals surface area (Å²) in [5.41, 5.74) is 1.15. The summed E-state index contributed by atoms with van der Waals surface area (Å²) in [4.78, 5) is 39.6. The molecule has 2 aromatic rings. The number of benzene rings is 1. The maximum atomic E-state index is 13.0. The lowest BCUT2D eigenvalue weighted by Gasteiger charge is -2.37. The van der Waals surface area contributed by atoms with Gasteiger partial charge in [0.05, 0.1) is 22.3 Å². The third-order valence-corrected chi connectivity index (χ3v) is 5.83. The lowest BCUT2D eigenvalue weighted by molar-refractivity contribution is -0.384. The molecular weight excluding hydrogens is 402 g/mol. The van der Waals surface area contributed by atoms with Crippen molar-refractivity contribution >= 4 is 17.5 Å². The smallest absolute Gasteiger partial charge is 0.276 e. The minimum absolute atomic E-state index is 0.0398. The van der Waals surface area contributed by atoms with Crippen LogP contribution >= 0.6 is 0 Å². The first-order valence-corrected chi connectivity index (χ1v) is 10.4. The standard InChI is InChI=1S/C20H25N7O4/c1-13-18(22-23-26(13)16-4-3-5-17(12-16)27(30)31)20(29)25-10-8-24(9-11-25)14(2)19(28)21-15-6-7-15/h3-5,12,14-15H,6-11H2,1-2H3,(H,21,28). The normalized spacial score (nSPS) is 17.9. The van der Waals surface area contributed by atoms with Crippen LogP contribution in [0.2, 0.25) is 0 Å². The summed E-state index contributed by atoms with van der Waals surface area (Å²) in [6.07, 6.45) is 2.11. The van der Waals surface area contributed by atoms with Crippen molar-refractivity contribution < 1.29 is 14.5 Å². The summed E-state index contributed by atoms with van der Waals surface area (Å²) in [6, 6.07) is 6.13. The summed E-state index contributed by atoms with van der Waals surface area (Å²) < 4.78 is 1.43. The molecule has 11 heteroatoms. The fourth-order valence-corrected chi connectivity index (χ4v) is 3.69. The van der Waals surface area contributed by atoms with Gasteiger partial charge in [0.15, 0.2) is 5.69 Å². The van der Waals surface area contributed by atoms with Gasteiger partial charge in [-0.1, -0.05) is 11.3 Å². The van der Waals surface area contributed by atoms with Crippen molar-refractivity contribution in [2.45, 2.75) is 38.8 Å². The number of aromatic nitrogens is 3. The lowest BCUT2D eigenvalue weighted by atomic mass is 10.2. The Morgan fingerprint density at radius 3 is 2.58 bits per heavy atom. The van der Waals surface area contributed by atoms with Crippen LogP contribution in [-0.2, 0) is 4.79 Å². The molecule has 1 aliphatic carbocycles. The van der Waals surface area contributed by atoms with E-state index in [0.29, 0.717) is 43.6 Å². The molecule has 31 heavy (non-hydrogen) atoms. The predicted octanol–water partition coefficient (Wildman–Crippen LogP) is 0.909. The van der Waals surface area contributed by atoms with Crippen LogP contribution in [0.5, 0.6) is 0 Å². The van der Waals surface area contributed by atoms with Crippen molar-refractivity contribution in [3.63, 3.8) is 0 Å². The Labute approximate surface area is 179 Å². The van der Waals surface area contributed by atoms with E-state index in [4.69, 9.17) is 0 Å². The molecule has 2 fully saturated rings. The number of carbonyl (C=O) groups excluding carboxylic acids is 2. The van der Waals surface area contributed by atoms with Gasteiger partial charge in [-0.3, -0.25) is 24.6 Å². The number of nitrogens with one attached hydrogen (secondary N) is 1. The monoisotopic (exact) mass is 427 g/mol. The van der Waals surface area contributed by atoms with Crippen LogP contribution in [0.1, 0.15) is 35.9 Å². The quantitative estimate of drug-likeness (QED) is 0.536. The van der Waals surface area contributed by atoms with Crippen LogP contribution in [0.15, 0.2) is 24.3 Å². The van der Waals surface area contributed by atoms with Crippen molar-refractivity contribution in [2.75, 3.05) is 26.2 Å². The largest absolute Gasteiger partial charge is 0.352 e. The molecule has 1 saturated heterocycles. The Kier molecular flexibility index (Phi) is 5.68. The maximum absolute atomic E-state index is 13.0. The van der Waals surface area contributed by atoms with Gasteiger partial charge in [-0.05, 0) is 32.8 Å². The molecule has 1 aromatic heterocycles. The highest BCUT2D eigenvalue weighted by Crippen LogP contribution is 2.21. The number of hydrogen-bond acceptors (Lipinski definition) is 7. The molecule has 1 saturated carbocycles. The van der Waals surface area contributed by atoms with Gasteiger partial charge in [-0.25, -0.2) is 4.68 Å². The number of amides is 2. The number of nitrogens with zero attached hydrogens (tertiary/aromatic N) is 6. The SMILES string of the molecule is Cc1c(C(=O)N2CCN(C(C)C(=O)NC3CC3)CC2)nnn1-c1cccc([N+](=O)[O-])c1. The van der Waals surface area contributed by atoms with Crippen LogP contribution in [0.3, 0.4) is 0 Å². The van der Waals surface area contributed by atoms with Gasteiger partial charge in [-0.15, -0.1) is 5.10 Å². The van der Waals surface area contributed by atoms with Crippen molar-refractivity contribution in [1.82, 2.24) is 30.1 Å². The number of hydrogen-bond donors (Lipinski definition) is 1. The van der Waals surface area contributed by atoms with Crippen LogP contribution < -0.4 is 5.32 Å². The van der Waals surface area contributed by atoms with E-state index in [1.807, 2.05) is 6.92 Å². The Balaban J connectivity index is 1.41. The third kappa shape index (κ3) is 4.41. The second kappa shape index (κ2) is 8.42. The average Bonchev–Trinajstić information content (AvgIpc) is 3.51. The van der Waals surface area contributed by atoms with Gasteiger partial charge in [0.2, 0.25) is 5.91 Å². The highest BCUT2D eigenvalue weighted by molar-refractivity contribution is 5.93. The zero-order valence-corrected chi connectivity index (χ0v) is 17.5. The maximum Gasteiger partial charge on any atom is 0.276 e. The van der Waals surface area contributed by atoms with Gasteiger partial charge < -0.3 is 10.2 Å². The minimum atomic E-state index is -0.479. The first-order chi connectivity index (χ1) is 14.8. The number of nitro benzene ring substituents is 1. The van der Waals surface area contributed by atoms with Crippen molar-refractivity contribution in [3.05, 3.63) is 45.8 Å². The Morgan fingerprint density at radius 1 is 1.23 bits per heavy atom. The molecule has 1 aliphatic heterocycles. The first kappa shape index (κ1) is 20.9. The molecule has 2 amide bonds. The van der Waals surface area contributed by atoms with Gasteiger partial charge in [-0.2, -0.15) is 0 Å². The molecule has 1 N–H and O–H groups in total. The molecule has 0 radical (unpaired) electrons. The average molecular weight is 427 g/mol. The fraction of sp³-hybridized carbons (Fsp3) is 0.500. The van der Waals surface area contributed by atoms with Crippen LogP contribution in [0.25, 0.3) is 5.69 Å². The summed E-state index contributed by atoms with van der Waals surface area (Å²) in [7, 11) is 0. The Morgan fingerprint density at radius 2 is 1.94 bits per heavy atom. The van der Waals surface area contributed by atoms with Crippen molar-refractivity contribution in [1.29, 1.82) is 0 Å². The zero-order valence-electron chi connectivity index (χ0n) is 17.5. The van der Waals surface area contributed by atoms with E-state index in [-0.39, 0.29) is 29.2 Å². The fourth-order valence-electron chi connectivity index (χ4n) is 3.69. The van der Waals surface area contributed by atoms with Gasteiger partial charge in [0.25, 0.3) is 11.6 Å². The molecule has 1 unspecified atom stereocenters. The van der Waals surface area contributed by atoms with E-state index >= 15 is 0 Å². The molecule has 1 aromatic carbocycles. The summed E-state index contributed by atoms with van der Waals surface area (Å²) >= 11 is 0. The summed E-state index contributed by atoms with van der Waals surface area (Å²) in [5.74, 6) is -0.193. The van der Waals surface area contributed by atoms with Gasteiger partial charge in [0, 0.05) is 44.4 Å². The molecule has 11 nitrogen and oxygen atoms in total. The number of non-ortho nitro benzene ring substituents is 1. The van der Waals surface area contributed by atoms with Gasteiger partial charge >= 0.3 is 0 Å². The van der Waals surface area contributed by atoms with E-state index in [9.17, 15) is 19.7 Å². The molecule has 164 valence electrons. The van der Waals surface area contributed by atoms with Crippen LogP contribution in [0.4, 0.5) is 5.69 Å². The lowest BCUT2D eigenvalue weighted by Crippen LogP contribution is -2.55. The molecule has 0 spiro atoms. The zero-order chi connectivity index (χ0) is 22.1.